The highest BCUT2D eigenvalue weighted by Gasteiger charge is 2.34. The Hall–Kier alpha value is -1.31. The van der Waals surface area contributed by atoms with Gasteiger partial charge in [-0.15, -0.1) is 0 Å². The first-order valence-corrected chi connectivity index (χ1v) is 7.62. The molecule has 1 aliphatic rings. The van der Waals surface area contributed by atoms with E-state index in [1.807, 2.05) is 0 Å². The zero-order valence-electron chi connectivity index (χ0n) is 10.5. The summed E-state index contributed by atoms with van der Waals surface area (Å²) < 4.78 is 26.3. The maximum absolute atomic E-state index is 12.5. The van der Waals surface area contributed by atoms with Crippen LogP contribution >= 0.6 is 0 Å². The van der Waals surface area contributed by atoms with E-state index in [1.165, 1.54) is 22.5 Å². The van der Waals surface area contributed by atoms with Crippen molar-refractivity contribution in [2.75, 3.05) is 18.9 Å². The summed E-state index contributed by atoms with van der Waals surface area (Å²) in [6, 6.07) is 3.78. The van der Waals surface area contributed by atoms with Gasteiger partial charge >= 0.3 is 0 Å². The zero-order chi connectivity index (χ0) is 14.0. The lowest BCUT2D eigenvalue weighted by molar-refractivity contribution is 0.178. The summed E-state index contributed by atoms with van der Waals surface area (Å²) in [6.45, 7) is -0.142. The third kappa shape index (κ3) is 2.68. The second-order valence-electron chi connectivity index (χ2n) is 4.64. The predicted molar refractivity (Wildman–Crippen MR) is 71.1 cm³/mol. The summed E-state index contributed by atoms with van der Waals surface area (Å²) >= 11 is 0. The fourth-order valence-electron chi connectivity index (χ4n) is 2.10. The van der Waals surface area contributed by atoms with Gasteiger partial charge in [0.05, 0.1) is 17.2 Å². The van der Waals surface area contributed by atoms with Gasteiger partial charge in [0.1, 0.15) is 5.75 Å². The molecule has 106 valence electrons. The molecule has 0 radical (unpaired) electrons. The monoisotopic (exact) mass is 286 g/mol. The Morgan fingerprint density at radius 2 is 2.05 bits per heavy atom. The van der Waals surface area contributed by atoms with Crippen LogP contribution in [0.25, 0.3) is 0 Å². The summed E-state index contributed by atoms with van der Waals surface area (Å²) in [4.78, 5) is 0.0446. The van der Waals surface area contributed by atoms with Crippen molar-refractivity contribution in [2.24, 2.45) is 0 Å². The van der Waals surface area contributed by atoms with Crippen molar-refractivity contribution < 1.29 is 18.6 Å². The molecule has 6 nitrogen and oxygen atoms in total. The Kier molecular flexibility index (Phi) is 3.98. The highest BCUT2D eigenvalue weighted by molar-refractivity contribution is 7.89. The van der Waals surface area contributed by atoms with Gasteiger partial charge in [-0.2, -0.15) is 4.31 Å². The van der Waals surface area contributed by atoms with Crippen molar-refractivity contribution in [1.29, 1.82) is 0 Å². The number of phenols is 1. The molecule has 0 heterocycles. The molecule has 0 bridgehead atoms. The third-order valence-electron chi connectivity index (χ3n) is 3.41. The van der Waals surface area contributed by atoms with E-state index in [4.69, 9.17) is 10.8 Å². The fourth-order valence-corrected chi connectivity index (χ4v) is 3.81. The van der Waals surface area contributed by atoms with Crippen LogP contribution in [0.3, 0.4) is 0 Å². The van der Waals surface area contributed by atoms with Crippen LogP contribution in [-0.4, -0.2) is 42.1 Å². The van der Waals surface area contributed by atoms with Crippen LogP contribution in [0.5, 0.6) is 5.75 Å². The minimum atomic E-state index is -3.68. The highest BCUT2D eigenvalue weighted by atomic mass is 32.2. The molecule has 19 heavy (non-hydrogen) atoms. The fraction of sp³-hybridized carbons (Fsp3) is 0.500. The van der Waals surface area contributed by atoms with E-state index < -0.39 is 10.0 Å². The van der Waals surface area contributed by atoms with E-state index in [0.29, 0.717) is 0 Å². The number of nitrogens with two attached hydrogens (primary N) is 1. The third-order valence-corrected chi connectivity index (χ3v) is 5.36. The Morgan fingerprint density at radius 1 is 1.37 bits per heavy atom. The summed E-state index contributed by atoms with van der Waals surface area (Å²) in [5, 5.41) is 18.4. The van der Waals surface area contributed by atoms with Crippen LogP contribution in [0, 0.1) is 0 Å². The maximum Gasteiger partial charge on any atom is 0.243 e. The summed E-state index contributed by atoms with van der Waals surface area (Å²) in [5.74, 6) is -0.142. The van der Waals surface area contributed by atoms with Crippen molar-refractivity contribution in [3.63, 3.8) is 0 Å². The Balaban J connectivity index is 2.35. The molecule has 1 aliphatic carbocycles. The van der Waals surface area contributed by atoms with Gasteiger partial charge in [0.2, 0.25) is 10.0 Å². The highest BCUT2D eigenvalue weighted by Crippen LogP contribution is 2.31. The minimum absolute atomic E-state index is 0.0265. The van der Waals surface area contributed by atoms with Crippen molar-refractivity contribution in [2.45, 2.75) is 30.2 Å². The van der Waals surface area contributed by atoms with Crippen LogP contribution in [0.4, 0.5) is 5.69 Å². The largest absolute Gasteiger partial charge is 0.506 e. The number of nitrogens with zero attached hydrogens (tertiary/aromatic N) is 1. The molecule has 0 amide bonds. The summed E-state index contributed by atoms with van der Waals surface area (Å²) in [7, 11) is -3.68. The van der Waals surface area contributed by atoms with Crippen LogP contribution in [0.2, 0.25) is 0 Å². The summed E-state index contributed by atoms with van der Waals surface area (Å²) in [6.07, 6.45) is 2.62. The second kappa shape index (κ2) is 5.36. The molecular formula is C12H18N2O4S. The van der Waals surface area contributed by atoms with Gasteiger partial charge in [0.25, 0.3) is 0 Å². The number of rotatable bonds is 5. The zero-order valence-corrected chi connectivity index (χ0v) is 11.3. The number of hydrogen-bond donors (Lipinski definition) is 3. The van der Waals surface area contributed by atoms with E-state index in [9.17, 15) is 13.5 Å². The lowest BCUT2D eigenvalue weighted by Gasteiger charge is -2.36. The first-order valence-electron chi connectivity index (χ1n) is 6.18. The van der Waals surface area contributed by atoms with Crippen molar-refractivity contribution in [3.05, 3.63) is 18.2 Å². The lowest BCUT2D eigenvalue weighted by Crippen LogP contribution is -2.45. The van der Waals surface area contributed by atoms with Crippen molar-refractivity contribution in [1.82, 2.24) is 4.31 Å². The second-order valence-corrected chi connectivity index (χ2v) is 6.54. The van der Waals surface area contributed by atoms with Crippen molar-refractivity contribution >= 4 is 15.7 Å². The van der Waals surface area contributed by atoms with E-state index in [0.717, 1.165) is 19.3 Å². The molecule has 0 unspecified atom stereocenters. The van der Waals surface area contributed by atoms with Gasteiger partial charge in [-0.05, 0) is 31.0 Å². The molecule has 2 rings (SSSR count). The molecule has 1 saturated carbocycles. The first-order chi connectivity index (χ1) is 8.96. The number of nitrogen functional groups attached to an aromatic ring is 1. The molecule has 0 aromatic heterocycles. The molecule has 0 saturated heterocycles. The van der Waals surface area contributed by atoms with Gasteiger partial charge < -0.3 is 15.9 Å². The number of aromatic hydroxyl groups is 1. The Labute approximate surface area is 112 Å². The predicted octanol–water partition coefficient (Wildman–Crippen LogP) is 0.510. The van der Waals surface area contributed by atoms with Gasteiger partial charge in [-0.25, -0.2) is 8.42 Å². The standard InChI is InChI=1S/C12H18N2O4S/c13-11-8-10(4-5-12(11)16)19(17,18)14(6-7-15)9-2-1-3-9/h4-5,8-9,15-16H,1-3,6-7,13H2. The van der Waals surface area contributed by atoms with Crippen LogP contribution in [0.15, 0.2) is 23.1 Å². The summed E-state index contributed by atoms with van der Waals surface area (Å²) in [5.41, 5.74) is 5.56. The topological polar surface area (TPSA) is 104 Å². The number of aliphatic hydroxyl groups excluding tert-OH is 1. The molecule has 7 heteroatoms. The normalized spacial score (nSPS) is 16.5. The smallest absolute Gasteiger partial charge is 0.243 e. The molecule has 0 spiro atoms. The molecule has 1 fully saturated rings. The number of anilines is 1. The number of benzene rings is 1. The number of phenolic OH excluding ortho intramolecular Hbond substituents is 1. The number of aliphatic hydroxyl groups is 1. The Morgan fingerprint density at radius 3 is 2.53 bits per heavy atom. The molecule has 1 aromatic rings. The average molecular weight is 286 g/mol. The minimum Gasteiger partial charge on any atom is -0.506 e. The van der Waals surface area contributed by atoms with Crippen LogP contribution < -0.4 is 5.73 Å². The van der Waals surface area contributed by atoms with Crippen molar-refractivity contribution in [3.8, 4) is 5.75 Å². The van der Waals surface area contributed by atoms with E-state index in [2.05, 4.69) is 0 Å². The lowest BCUT2D eigenvalue weighted by atomic mass is 9.93. The average Bonchev–Trinajstić information content (AvgIpc) is 2.29. The molecular weight excluding hydrogens is 268 g/mol. The van der Waals surface area contributed by atoms with Gasteiger partial charge in [-0.1, -0.05) is 6.42 Å². The van der Waals surface area contributed by atoms with Crippen LogP contribution in [0.1, 0.15) is 19.3 Å². The Bertz CT molecular complexity index is 555. The molecule has 1 aromatic carbocycles. The molecule has 0 aliphatic heterocycles. The van der Waals surface area contributed by atoms with E-state index >= 15 is 0 Å². The van der Waals surface area contributed by atoms with Gasteiger partial charge in [-0.3, -0.25) is 0 Å². The van der Waals surface area contributed by atoms with Gasteiger partial charge in [0, 0.05) is 12.6 Å². The molecule has 4 N–H and O–H groups in total. The molecule has 0 atom stereocenters. The van der Waals surface area contributed by atoms with E-state index in [1.54, 1.807) is 0 Å². The van der Waals surface area contributed by atoms with Gasteiger partial charge in [0.15, 0.2) is 0 Å². The maximum atomic E-state index is 12.5. The first kappa shape index (κ1) is 14.1. The number of hydrogen-bond acceptors (Lipinski definition) is 5. The van der Waals surface area contributed by atoms with Crippen LogP contribution in [-0.2, 0) is 10.0 Å². The number of sulfonamides is 1. The quantitative estimate of drug-likeness (QED) is 0.540. The van der Waals surface area contributed by atoms with E-state index in [-0.39, 0.29) is 35.5 Å². The SMILES string of the molecule is Nc1cc(S(=O)(=O)N(CCO)C2CCC2)ccc1O.